The molecular formula is C12H20N4O2. The van der Waals surface area contributed by atoms with Crippen LogP contribution in [0.3, 0.4) is 0 Å². The Kier molecular flexibility index (Phi) is 4.19. The average Bonchev–Trinajstić information content (AvgIpc) is 2.41. The molecule has 1 aliphatic rings. The molecule has 2 rings (SSSR count). The number of nitrogens with two attached hydrogens (primary N) is 1. The number of aromatic nitrogens is 2. The Balaban J connectivity index is 2.05. The molecular weight excluding hydrogens is 232 g/mol. The van der Waals surface area contributed by atoms with Gasteiger partial charge in [-0.05, 0) is 19.8 Å². The first-order valence-electron chi connectivity index (χ1n) is 6.27. The number of hydrogen-bond acceptors (Lipinski definition) is 6. The van der Waals surface area contributed by atoms with Crippen LogP contribution in [0.2, 0.25) is 0 Å². The molecule has 0 spiro atoms. The summed E-state index contributed by atoms with van der Waals surface area (Å²) < 4.78 is 10.7. The second-order valence-electron chi connectivity index (χ2n) is 4.26. The van der Waals surface area contributed by atoms with Gasteiger partial charge in [-0.15, -0.1) is 0 Å². The van der Waals surface area contributed by atoms with Crippen molar-refractivity contribution in [2.45, 2.75) is 25.9 Å². The normalized spacial score (nSPS) is 16.9. The van der Waals surface area contributed by atoms with E-state index in [2.05, 4.69) is 14.9 Å². The number of hydrogen-bond donors (Lipinski definition) is 1. The lowest BCUT2D eigenvalue weighted by Gasteiger charge is -2.33. The van der Waals surface area contributed by atoms with E-state index in [0.29, 0.717) is 17.7 Å². The highest BCUT2D eigenvalue weighted by molar-refractivity contribution is 5.67. The van der Waals surface area contributed by atoms with Crippen LogP contribution in [0.15, 0.2) is 6.33 Å². The molecule has 1 aromatic rings. The van der Waals surface area contributed by atoms with Gasteiger partial charge < -0.3 is 20.1 Å². The minimum atomic E-state index is 0.358. The van der Waals surface area contributed by atoms with Crippen molar-refractivity contribution in [1.82, 2.24) is 9.97 Å². The van der Waals surface area contributed by atoms with E-state index in [0.717, 1.165) is 38.4 Å². The number of anilines is 2. The highest BCUT2D eigenvalue weighted by Crippen LogP contribution is 2.29. The molecule has 2 N–H and O–H groups in total. The zero-order chi connectivity index (χ0) is 13.0. The van der Waals surface area contributed by atoms with E-state index < -0.39 is 0 Å². The van der Waals surface area contributed by atoms with E-state index in [-0.39, 0.29) is 0 Å². The molecule has 0 amide bonds. The van der Waals surface area contributed by atoms with Crippen LogP contribution in [0.25, 0.3) is 0 Å². The van der Waals surface area contributed by atoms with E-state index >= 15 is 0 Å². The molecule has 1 aliphatic heterocycles. The Morgan fingerprint density at radius 2 is 2.11 bits per heavy atom. The molecule has 0 unspecified atom stereocenters. The van der Waals surface area contributed by atoms with Crippen LogP contribution in [-0.2, 0) is 4.74 Å². The Labute approximate surface area is 107 Å². The van der Waals surface area contributed by atoms with Crippen LogP contribution in [0.1, 0.15) is 19.8 Å². The molecule has 0 aromatic carbocycles. The maximum absolute atomic E-state index is 6.00. The molecule has 0 atom stereocenters. The molecule has 0 radical (unpaired) electrons. The fraction of sp³-hybridized carbons (Fsp3) is 0.667. The average molecular weight is 252 g/mol. The minimum Gasteiger partial charge on any atom is -0.479 e. The number of nitrogen functional groups attached to an aromatic ring is 1. The van der Waals surface area contributed by atoms with Gasteiger partial charge in [0.2, 0.25) is 5.88 Å². The van der Waals surface area contributed by atoms with Crippen LogP contribution in [0, 0.1) is 0 Å². The minimum absolute atomic E-state index is 0.358. The predicted molar refractivity (Wildman–Crippen MR) is 69.9 cm³/mol. The molecule has 0 saturated carbocycles. The van der Waals surface area contributed by atoms with Crippen molar-refractivity contribution in [3.63, 3.8) is 0 Å². The number of rotatable bonds is 4. The van der Waals surface area contributed by atoms with Crippen molar-refractivity contribution in [3.05, 3.63) is 6.33 Å². The van der Waals surface area contributed by atoms with Gasteiger partial charge in [-0.1, -0.05) is 0 Å². The molecule has 0 aliphatic carbocycles. The lowest BCUT2D eigenvalue weighted by molar-refractivity contribution is 0.0458. The second-order valence-corrected chi connectivity index (χ2v) is 4.26. The summed E-state index contributed by atoms with van der Waals surface area (Å²) in [7, 11) is 1.56. The molecule has 18 heavy (non-hydrogen) atoms. The number of piperidine rings is 1. The predicted octanol–water partition coefficient (Wildman–Crippen LogP) is 1.07. The molecule has 6 nitrogen and oxygen atoms in total. The maximum Gasteiger partial charge on any atom is 0.242 e. The van der Waals surface area contributed by atoms with Gasteiger partial charge in [0.25, 0.3) is 0 Å². The highest BCUT2D eigenvalue weighted by atomic mass is 16.5. The third-order valence-corrected chi connectivity index (χ3v) is 3.16. The summed E-state index contributed by atoms with van der Waals surface area (Å²) >= 11 is 0. The Morgan fingerprint density at radius 3 is 2.72 bits per heavy atom. The van der Waals surface area contributed by atoms with Crippen molar-refractivity contribution >= 4 is 11.5 Å². The maximum atomic E-state index is 6.00. The van der Waals surface area contributed by atoms with Gasteiger partial charge in [-0.2, -0.15) is 4.98 Å². The third kappa shape index (κ3) is 2.64. The third-order valence-electron chi connectivity index (χ3n) is 3.16. The van der Waals surface area contributed by atoms with Crippen LogP contribution in [0.5, 0.6) is 5.88 Å². The summed E-state index contributed by atoms with van der Waals surface area (Å²) in [5.74, 6) is 1.20. The fourth-order valence-corrected chi connectivity index (χ4v) is 2.26. The quantitative estimate of drug-likeness (QED) is 0.864. The molecule has 1 aromatic heterocycles. The summed E-state index contributed by atoms with van der Waals surface area (Å²) in [6.07, 6.45) is 3.84. The topological polar surface area (TPSA) is 73.5 Å². The molecule has 2 heterocycles. The largest absolute Gasteiger partial charge is 0.479 e. The van der Waals surface area contributed by atoms with Gasteiger partial charge in [0.1, 0.15) is 12.0 Å². The van der Waals surface area contributed by atoms with Crippen molar-refractivity contribution in [2.75, 3.05) is 37.4 Å². The van der Waals surface area contributed by atoms with Crippen molar-refractivity contribution in [1.29, 1.82) is 0 Å². The van der Waals surface area contributed by atoms with Gasteiger partial charge in [-0.3, -0.25) is 0 Å². The number of ether oxygens (including phenoxy) is 2. The second kappa shape index (κ2) is 5.86. The first-order valence-corrected chi connectivity index (χ1v) is 6.27. The zero-order valence-electron chi connectivity index (χ0n) is 10.9. The Bertz CT molecular complexity index is 392. The van der Waals surface area contributed by atoms with E-state index in [1.54, 1.807) is 7.11 Å². The Hall–Kier alpha value is -1.56. The smallest absolute Gasteiger partial charge is 0.242 e. The summed E-state index contributed by atoms with van der Waals surface area (Å²) in [5.41, 5.74) is 6.50. The van der Waals surface area contributed by atoms with Crippen LogP contribution in [-0.4, -0.2) is 42.9 Å². The van der Waals surface area contributed by atoms with E-state index in [4.69, 9.17) is 15.2 Å². The number of nitrogens with zero attached hydrogens (tertiary/aromatic N) is 3. The summed E-state index contributed by atoms with van der Waals surface area (Å²) in [6, 6.07) is 0. The first-order chi connectivity index (χ1) is 8.76. The highest BCUT2D eigenvalue weighted by Gasteiger charge is 2.22. The van der Waals surface area contributed by atoms with Crippen molar-refractivity contribution in [3.8, 4) is 5.88 Å². The van der Waals surface area contributed by atoms with E-state index in [1.807, 2.05) is 6.92 Å². The monoisotopic (exact) mass is 252 g/mol. The van der Waals surface area contributed by atoms with Crippen LogP contribution < -0.4 is 15.4 Å². The lowest BCUT2D eigenvalue weighted by Crippen LogP contribution is -2.38. The fourth-order valence-electron chi connectivity index (χ4n) is 2.26. The molecule has 1 saturated heterocycles. The van der Waals surface area contributed by atoms with Gasteiger partial charge >= 0.3 is 0 Å². The molecule has 0 bridgehead atoms. The zero-order valence-corrected chi connectivity index (χ0v) is 10.9. The lowest BCUT2D eigenvalue weighted by atomic mass is 10.1. The molecule has 6 heteroatoms. The van der Waals surface area contributed by atoms with Gasteiger partial charge in [0.05, 0.1) is 13.2 Å². The van der Waals surface area contributed by atoms with E-state index in [1.165, 1.54) is 6.33 Å². The van der Waals surface area contributed by atoms with Crippen LogP contribution in [0.4, 0.5) is 11.5 Å². The first kappa shape index (κ1) is 12.9. The Morgan fingerprint density at radius 1 is 1.39 bits per heavy atom. The standard InChI is InChI=1S/C12H20N4O2/c1-3-18-9-4-6-16(7-5-9)11-10(13)12(17-2)15-8-14-11/h8-9H,3-7,13H2,1-2H3. The number of methoxy groups -OCH3 is 1. The molecule has 1 fully saturated rings. The van der Waals surface area contributed by atoms with E-state index in [9.17, 15) is 0 Å². The summed E-state index contributed by atoms with van der Waals surface area (Å²) in [5, 5.41) is 0. The van der Waals surface area contributed by atoms with Crippen LogP contribution >= 0.6 is 0 Å². The molecule has 100 valence electrons. The van der Waals surface area contributed by atoms with Gasteiger partial charge in [0, 0.05) is 19.7 Å². The van der Waals surface area contributed by atoms with Gasteiger partial charge in [-0.25, -0.2) is 4.98 Å². The summed E-state index contributed by atoms with van der Waals surface area (Å²) in [4.78, 5) is 10.4. The van der Waals surface area contributed by atoms with Crippen molar-refractivity contribution in [2.24, 2.45) is 0 Å². The SMILES string of the molecule is CCOC1CCN(c2ncnc(OC)c2N)CC1. The summed E-state index contributed by atoms with van der Waals surface area (Å²) in [6.45, 7) is 4.60. The van der Waals surface area contributed by atoms with Gasteiger partial charge in [0.15, 0.2) is 5.82 Å². The van der Waals surface area contributed by atoms with Crippen molar-refractivity contribution < 1.29 is 9.47 Å².